The summed E-state index contributed by atoms with van der Waals surface area (Å²) < 4.78 is 0. The molecule has 0 amide bonds. The smallest absolute Gasteiger partial charge is 0.0770 e. The summed E-state index contributed by atoms with van der Waals surface area (Å²) in [5.41, 5.74) is 4.94. The molecular formula is C19H20O. The predicted molar refractivity (Wildman–Crippen MR) is 84.8 cm³/mol. The average molecular weight is 264 g/mol. The third kappa shape index (κ3) is 2.08. The van der Waals surface area contributed by atoms with Crippen molar-refractivity contribution in [3.63, 3.8) is 0 Å². The zero-order valence-electron chi connectivity index (χ0n) is 12.2. The normalized spacial score (nSPS) is 19.9. The molecular weight excluding hydrogens is 244 g/mol. The van der Waals surface area contributed by atoms with Crippen molar-refractivity contribution in [1.82, 2.24) is 0 Å². The fourth-order valence-corrected chi connectivity index (χ4v) is 3.28. The van der Waals surface area contributed by atoms with Gasteiger partial charge in [0.1, 0.15) is 0 Å². The van der Waals surface area contributed by atoms with Gasteiger partial charge < -0.3 is 5.11 Å². The Bertz CT molecular complexity index is 720. The maximum absolute atomic E-state index is 10.3. The van der Waals surface area contributed by atoms with E-state index < -0.39 is 6.10 Å². The first kappa shape index (κ1) is 13.1. The highest BCUT2D eigenvalue weighted by Crippen LogP contribution is 2.39. The van der Waals surface area contributed by atoms with Gasteiger partial charge in [0, 0.05) is 5.92 Å². The molecule has 20 heavy (non-hydrogen) atoms. The van der Waals surface area contributed by atoms with E-state index in [-0.39, 0.29) is 0 Å². The molecule has 0 fully saturated rings. The van der Waals surface area contributed by atoms with Gasteiger partial charge in [0.2, 0.25) is 0 Å². The standard InChI is InChI=1S/C19H20O/c1-12-10-13(2)18(11-12)17-9-8-15-6-4-5-7-16(15)19(17)14(3)20/h4-11,14,18,20H,1-3H3. The molecule has 0 spiro atoms. The van der Waals surface area contributed by atoms with Crippen LogP contribution in [0.3, 0.4) is 0 Å². The number of rotatable bonds is 2. The van der Waals surface area contributed by atoms with Crippen LogP contribution in [-0.4, -0.2) is 5.11 Å². The number of benzene rings is 2. The van der Waals surface area contributed by atoms with Gasteiger partial charge in [0.15, 0.2) is 0 Å². The van der Waals surface area contributed by atoms with Gasteiger partial charge in [-0.05, 0) is 42.7 Å². The summed E-state index contributed by atoms with van der Waals surface area (Å²) in [4.78, 5) is 0. The van der Waals surface area contributed by atoms with Crippen LogP contribution in [-0.2, 0) is 0 Å². The maximum Gasteiger partial charge on any atom is 0.0770 e. The van der Waals surface area contributed by atoms with Crippen LogP contribution in [0.2, 0.25) is 0 Å². The van der Waals surface area contributed by atoms with Crippen LogP contribution in [0.15, 0.2) is 59.7 Å². The zero-order valence-corrected chi connectivity index (χ0v) is 12.2. The Morgan fingerprint density at radius 3 is 2.45 bits per heavy atom. The average Bonchev–Trinajstić information content (AvgIpc) is 2.76. The van der Waals surface area contributed by atoms with E-state index in [0.717, 1.165) is 10.9 Å². The number of hydrogen-bond acceptors (Lipinski definition) is 1. The Kier molecular flexibility index (Phi) is 3.23. The van der Waals surface area contributed by atoms with Crippen LogP contribution < -0.4 is 0 Å². The fraction of sp³-hybridized carbons (Fsp3) is 0.263. The van der Waals surface area contributed by atoms with Crippen LogP contribution in [0.4, 0.5) is 0 Å². The van der Waals surface area contributed by atoms with Gasteiger partial charge in [-0.25, -0.2) is 0 Å². The molecule has 0 bridgehead atoms. The second kappa shape index (κ2) is 4.92. The van der Waals surface area contributed by atoms with E-state index >= 15 is 0 Å². The van der Waals surface area contributed by atoms with Gasteiger partial charge in [0.25, 0.3) is 0 Å². The van der Waals surface area contributed by atoms with E-state index in [1.165, 1.54) is 22.1 Å². The molecule has 0 saturated heterocycles. The van der Waals surface area contributed by atoms with Crippen molar-refractivity contribution >= 4 is 10.8 Å². The molecule has 1 nitrogen and oxygen atoms in total. The van der Waals surface area contributed by atoms with Crippen molar-refractivity contribution < 1.29 is 5.11 Å². The molecule has 2 aromatic rings. The van der Waals surface area contributed by atoms with Gasteiger partial charge in [-0.1, -0.05) is 59.7 Å². The molecule has 0 radical (unpaired) electrons. The first-order valence-corrected chi connectivity index (χ1v) is 7.14. The Labute approximate surface area is 120 Å². The van der Waals surface area contributed by atoms with Crippen molar-refractivity contribution in [2.45, 2.75) is 32.8 Å². The Morgan fingerprint density at radius 2 is 1.80 bits per heavy atom. The molecule has 0 heterocycles. The largest absolute Gasteiger partial charge is 0.389 e. The monoisotopic (exact) mass is 264 g/mol. The number of aliphatic hydroxyl groups excluding tert-OH is 1. The first-order chi connectivity index (χ1) is 9.58. The lowest BCUT2D eigenvalue weighted by atomic mass is 9.86. The minimum atomic E-state index is -0.460. The summed E-state index contributed by atoms with van der Waals surface area (Å²) in [6, 6.07) is 12.6. The van der Waals surface area contributed by atoms with Crippen molar-refractivity contribution in [1.29, 1.82) is 0 Å². The highest BCUT2D eigenvalue weighted by Gasteiger charge is 2.22. The highest BCUT2D eigenvalue weighted by molar-refractivity contribution is 5.87. The molecule has 2 unspecified atom stereocenters. The van der Waals surface area contributed by atoms with E-state index in [2.05, 4.69) is 50.3 Å². The second-order valence-electron chi connectivity index (χ2n) is 5.74. The Hall–Kier alpha value is -1.86. The lowest BCUT2D eigenvalue weighted by molar-refractivity contribution is 0.199. The summed E-state index contributed by atoms with van der Waals surface area (Å²) in [6.07, 6.45) is 4.05. The number of hydrogen-bond donors (Lipinski definition) is 1. The minimum Gasteiger partial charge on any atom is -0.389 e. The van der Waals surface area contributed by atoms with Gasteiger partial charge in [-0.3, -0.25) is 0 Å². The van der Waals surface area contributed by atoms with Gasteiger partial charge >= 0.3 is 0 Å². The first-order valence-electron chi connectivity index (χ1n) is 7.14. The SMILES string of the molecule is CC1=CC(c2ccc3ccccc3c2C(C)O)C(C)=C1. The molecule has 1 aliphatic carbocycles. The van der Waals surface area contributed by atoms with Crippen molar-refractivity contribution in [3.05, 3.63) is 70.8 Å². The molecule has 0 aliphatic heterocycles. The van der Waals surface area contributed by atoms with Gasteiger partial charge in [-0.2, -0.15) is 0 Å². The topological polar surface area (TPSA) is 20.2 Å². The molecule has 0 saturated carbocycles. The van der Waals surface area contributed by atoms with Crippen molar-refractivity contribution in [2.24, 2.45) is 0 Å². The Morgan fingerprint density at radius 1 is 1.05 bits per heavy atom. The predicted octanol–water partition coefficient (Wildman–Crippen LogP) is 4.88. The van der Waals surface area contributed by atoms with Crippen LogP contribution in [0.5, 0.6) is 0 Å². The quantitative estimate of drug-likeness (QED) is 0.819. The molecule has 1 aliphatic rings. The molecule has 102 valence electrons. The van der Waals surface area contributed by atoms with Crippen molar-refractivity contribution in [2.75, 3.05) is 0 Å². The van der Waals surface area contributed by atoms with E-state index in [4.69, 9.17) is 0 Å². The third-order valence-corrected chi connectivity index (χ3v) is 4.13. The Balaban J connectivity index is 2.26. The minimum absolute atomic E-state index is 0.296. The molecule has 1 N–H and O–H groups in total. The summed E-state index contributed by atoms with van der Waals surface area (Å²) in [6.45, 7) is 6.15. The molecule has 0 aromatic heterocycles. The second-order valence-corrected chi connectivity index (χ2v) is 5.74. The maximum atomic E-state index is 10.3. The summed E-state index contributed by atoms with van der Waals surface area (Å²) in [5.74, 6) is 0.296. The lowest BCUT2D eigenvalue weighted by Gasteiger charge is -2.20. The van der Waals surface area contributed by atoms with E-state index in [0.29, 0.717) is 5.92 Å². The summed E-state index contributed by atoms with van der Waals surface area (Å²) in [5, 5.41) is 12.6. The van der Waals surface area contributed by atoms with Crippen LogP contribution >= 0.6 is 0 Å². The highest BCUT2D eigenvalue weighted by atomic mass is 16.3. The number of allylic oxidation sites excluding steroid dienone is 4. The van der Waals surface area contributed by atoms with Gasteiger partial charge in [-0.15, -0.1) is 0 Å². The van der Waals surface area contributed by atoms with Gasteiger partial charge in [0.05, 0.1) is 6.10 Å². The lowest BCUT2D eigenvalue weighted by Crippen LogP contribution is -2.04. The van der Waals surface area contributed by atoms with Crippen LogP contribution in [0.25, 0.3) is 10.8 Å². The summed E-state index contributed by atoms with van der Waals surface area (Å²) >= 11 is 0. The third-order valence-electron chi connectivity index (χ3n) is 4.13. The summed E-state index contributed by atoms with van der Waals surface area (Å²) in [7, 11) is 0. The van der Waals surface area contributed by atoms with Crippen LogP contribution in [0, 0.1) is 0 Å². The van der Waals surface area contributed by atoms with Crippen molar-refractivity contribution in [3.8, 4) is 0 Å². The van der Waals surface area contributed by atoms with Crippen LogP contribution in [0.1, 0.15) is 43.9 Å². The number of fused-ring (bicyclic) bond motifs is 1. The molecule has 3 rings (SSSR count). The molecule has 2 atom stereocenters. The zero-order chi connectivity index (χ0) is 14.3. The fourth-order valence-electron chi connectivity index (χ4n) is 3.28. The molecule has 1 heteroatoms. The number of aliphatic hydroxyl groups is 1. The van der Waals surface area contributed by atoms with E-state index in [9.17, 15) is 5.11 Å². The molecule has 2 aromatic carbocycles. The van der Waals surface area contributed by atoms with E-state index in [1.807, 2.05) is 19.1 Å². The van der Waals surface area contributed by atoms with E-state index in [1.54, 1.807) is 0 Å².